The van der Waals surface area contributed by atoms with Gasteiger partial charge in [0.1, 0.15) is 11.6 Å². The summed E-state index contributed by atoms with van der Waals surface area (Å²) in [5.74, 6) is -0.812. The van der Waals surface area contributed by atoms with Crippen LogP contribution < -0.4 is 5.32 Å². The van der Waals surface area contributed by atoms with Crippen LogP contribution in [0.1, 0.15) is 18.4 Å². The Morgan fingerprint density at radius 3 is 2.50 bits per heavy atom. The van der Waals surface area contributed by atoms with Gasteiger partial charge in [0, 0.05) is 28.2 Å². The average molecular weight is 338 g/mol. The second kappa shape index (κ2) is 5.62. The fourth-order valence-corrected chi connectivity index (χ4v) is 2.50. The largest absolute Gasteiger partial charge is 0.310 e. The molecule has 0 saturated heterocycles. The first-order valence-electron chi connectivity index (χ1n) is 6.61. The molecule has 2 aromatic rings. The molecule has 1 saturated carbocycles. The van der Waals surface area contributed by atoms with Gasteiger partial charge in [-0.3, -0.25) is 0 Å². The first kappa shape index (κ1) is 13.7. The van der Waals surface area contributed by atoms with E-state index in [0.29, 0.717) is 18.2 Å². The highest BCUT2D eigenvalue weighted by molar-refractivity contribution is 9.10. The van der Waals surface area contributed by atoms with Gasteiger partial charge in [0.15, 0.2) is 0 Å². The fourth-order valence-electron chi connectivity index (χ4n) is 2.14. The maximum atomic E-state index is 14.2. The van der Waals surface area contributed by atoms with E-state index in [9.17, 15) is 8.78 Å². The van der Waals surface area contributed by atoms with Gasteiger partial charge in [0.2, 0.25) is 0 Å². The second-order valence-corrected chi connectivity index (χ2v) is 6.01. The molecule has 0 radical (unpaired) electrons. The Bertz CT molecular complexity index is 638. The van der Waals surface area contributed by atoms with Gasteiger partial charge >= 0.3 is 0 Å². The third-order valence-corrected chi connectivity index (χ3v) is 3.92. The number of rotatable bonds is 4. The molecular weight excluding hydrogens is 324 g/mol. The molecule has 20 heavy (non-hydrogen) atoms. The minimum absolute atomic E-state index is 0.276. The molecule has 2 aromatic carbocycles. The van der Waals surface area contributed by atoms with Crippen molar-refractivity contribution in [3.63, 3.8) is 0 Å². The number of hydrogen-bond acceptors (Lipinski definition) is 1. The maximum Gasteiger partial charge on any atom is 0.131 e. The lowest BCUT2D eigenvalue weighted by atomic mass is 10.0. The van der Waals surface area contributed by atoms with Gasteiger partial charge in [0.05, 0.1) is 0 Å². The normalized spacial score (nSPS) is 14.6. The Hall–Kier alpha value is -1.26. The van der Waals surface area contributed by atoms with Gasteiger partial charge in [-0.15, -0.1) is 0 Å². The Morgan fingerprint density at radius 1 is 1.00 bits per heavy atom. The van der Waals surface area contributed by atoms with Crippen LogP contribution in [0.5, 0.6) is 0 Å². The maximum absolute atomic E-state index is 14.2. The SMILES string of the molecule is Fc1cc(CNC2CC2)ccc1-c1cc(Br)ccc1F. The summed E-state index contributed by atoms with van der Waals surface area (Å²) in [4.78, 5) is 0. The highest BCUT2D eigenvalue weighted by Gasteiger charge is 2.20. The van der Waals surface area contributed by atoms with Crippen molar-refractivity contribution in [3.8, 4) is 11.1 Å². The Labute approximate surface area is 125 Å². The van der Waals surface area contributed by atoms with E-state index in [1.807, 2.05) is 6.07 Å². The topological polar surface area (TPSA) is 12.0 Å². The van der Waals surface area contributed by atoms with Crippen LogP contribution in [0.3, 0.4) is 0 Å². The monoisotopic (exact) mass is 337 g/mol. The molecular formula is C16H14BrF2N. The Morgan fingerprint density at radius 2 is 1.80 bits per heavy atom. The summed E-state index contributed by atoms with van der Waals surface area (Å²) >= 11 is 3.28. The zero-order chi connectivity index (χ0) is 14.1. The van der Waals surface area contributed by atoms with Crippen LogP contribution in [-0.2, 0) is 6.54 Å². The standard InChI is InChI=1S/C16H14BrF2N/c17-11-2-6-15(18)14(8-11)13-5-1-10(7-16(13)19)9-20-12-3-4-12/h1-2,5-8,12,20H,3-4,9H2. The molecule has 1 fully saturated rings. The molecule has 104 valence electrons. The number of benzene rings is 2. The highest BCUT2D eigenvalue weighted by atomic mass is 79.9. The molecule has 0 aromatic heterocycles. The second-order valence-electron chi connectivity index (χ2n) is 5.09. The molecule has 1 aliphatic carbocycles. The summed E-state index contributed by atoms with van der Waals surface area (Å²) in [6, 6.07) is 10.1. The third-order valence-electron chi connectivity index (χ3n) is 3.42. The minimum atomic E-state index is -0.420. The lowest BCUT2D eigenvalue weighted by Gasteiger charge is -2.09. The van der Waals surface area contributed by atoms with Crippen LogP contribution in [0.15, 0.2) is 40.9 Å². The molecule has 4 heteroatoms. The molecule has 0 unspecified atom stereocenters. The van der Waals surface area contributed by atoms with Gasteiger partial charge in [-0.1, -0.05) is 28.1 Å². The predicted molar refractivity (Wildman–Crippen MR) is 79.4 cm³/mol. The Balaban J connectivity index is 1.87. The lowest BCUT2D eigenvalue weighted by Crippen LogP contribution is -2.15. The summed E-state index contributed by atoms with van der Waals surface area (Å²) in [5, 5.41) is 3.33. The van der Waals surface area contributed by atoms with Crippen molar-refractivity contribution in [1.29, 1.82) is 0 Å². The van der Waals surface area contributed by atoms with E-state index in [0.717, 1.165) is 10.0 Å². The van der Waals surface area contributed by atoms with Crippen LogP contribution in [0.4, 0.5) is 8.78 Å². The lowest BCUT2D eigenvalue weighted by molar-refractivity contribution is 0.612. The molecule has 1 nitrogen and oxygen atoms in total. The molecule has 0 spiro atoms. The number of halogens is 3. The summed E-state index contributed by atoms with van der Waals surface area (Å²) in [6.07, 6.45) is 2.40. The van der Waals surface area contributed by atoms with Crippen molar-refractivity contribution in [2.45, 2.75) is 25.4 Å². The highest BCUT2D eigenvalue weighted by Crippen LogP contribution is 2.29. The van der Waals surface area contributed by atoms with Crippen LogP contribution in [-0.4, -0.2) is 6.04 Å². The zero-order valence-electron chi connectivity index (χ0n) is 10.8. The van der Waals surface area contributed by atoms with Gasteiger partial charge in [0.25, 0.3) is 0 Å². The molecule has 0 heterocycles. The Kier molecular flexibility index (Phi) is 3.85. The predicted octanol–water partition coefficient (Wildman–Crippen LogP) is 4.65. The quantitative estimate of drug-likeness (QED) is 0.856. The summed E-state index contributed by atoms with van der Waals surface area (Å²) in [6.45, 7) is 0.656. The van der Waals surface area contributed by atoms with Gasteiger partial charge in [-0.2, -0.15) is 0 Å². The molecule has 0 atom stereocenters. The summed E-state index contributed by atoms with van der Waals surface area (Å²) < 4.78 is 28.7. The van der Waals surface area contributed by atoms with E-state index in [4.69, 9.17) is 0 Å². The smallest absolute Gasteiger partial charge is 0.131 e. The van der Waals surface area contributed by atoms with Crippen molar-refractivity contribution in [1.82, 2.24) is 5.32 Å². The van der Waals surface area contributed by atoms with E-state index in [1.165, 1.54) is 25.0 Å². The van der Waals surface area contributed by atoms with Crippen molar-refractivity contribution >= 4 is 15.9 Å². The molecule has 1 aliphatic rings. The molecule has 3 rings (SSSR count). The molecule has 1 N–H and O–H groups in total. The first-order chi connectivity index (χ1) is 9.63. The van der Waals surface area contributed by atoms with E-state index < -0.39 is 11.6 Å². The van der Waals surface area contributed by atoms with E-state index in [1.54, 1.807) is 18.2 Å². The van der Waals surface area contributed by atoms with Gasteiger partial charge in [-0.05, 0) is 42.7 Å². The zero-order valence-corrected chi connectivity index (χ0v) is 12.4. The van der Waals surface area contributed by atoms with Crippen LogP contribution in [0.2, 0.25) is 0 Å². The van der Waals surface area contributed by atoms with Crippen molar-refractivity contribution in [2.75, 3.05) is 0 Å². The summed E-state index contributed by atoms with van der Waals surface area (Å²) in [7, 11) is 0. The van der Waals surface area contributed by atoms with Crippen LogP contribution in [0.25, 0.3) is 11.1 Å². The van der Waals surface area contributed by atoms with E-state index in [2.05, 4.69) is 21.2 Å². The molecule has 0 bridgehead atoms. The van der Waals surface area contributed by atoms with Crippen molar-refractivity contribution < 1.29 is 8.78 Å². The molecule has 0 amide bonds. The van der Waals surface area contributed by atoms with Gasteiger partial charge in [-0.25, -0.2) is 8.78 Å². The van der Waals surface area contributed by atoms with E-state index >= 15 is 0 Å². The number of nitrogens with one attached hydrogen (secondary N) is 1. The van der Waals surface area contributed by atoms with Crippen molar-refractivity contribution in [2.24, 2.45) is 0 Å². The van der Waals surface area contributed by atoms with E-state index in [-0.39, 0.29) is 5.56 Å². The first-order valence-corrected chi connectivity index (χ1v) is 7.40. The third kappa shape index (κ3) is 3.07. The van der Waals surface area contributed by atoms with Crippen LogP contribution >= 0.6 is 15.9 Å². The average Bonchev–Trinajstić information content (AvgIpc) is 3.24. The van der Waals surface area contributed by atoms with Gasteiger partial charge < -0.3 is 5.32 Å². The van der Waals surface area contributed by atoms with Crippen LogP contribution in [0, 0.1) is 11.6 Å². The number of hydrogen-bond donors (Lipinski definition) is 1. The summed E-state index contributed by atoms with van der Waals surface area (Å²) in [5.41, 5.74) is 1.45. The van der Waals surface area contributed by atoms with Crippen molar-refractivity contribution in [3.05, 3.63) is 58.1 Å². The fraction of sp³-hybridized carbons (Fsp3) is 0.250. The molecule has 0 aliphatic heterocycles. The minimum Gasteiger partial charge on any atom is -0.310 e.